The fourth-order valence-electron chi connectivity index (χ4n) is 3.17. The smallest absolute Gasteiger partial charge is 0.311 e. The number of hydrogen-bond acceptors (Lipinski definition) is 5. The average Bonchev–Trinajstić information content (AvgIpc) is 3.34. The van der Waals surface area contributed by atoms with Gasteiger partial charge in [-0.05, 0) is 36.4 Å². The van der Waals surface area contributed by atoms with Crippen molar-refractivity contribution in [2.75, 3.05) is 11.4 Å². The van der Waals surface area contributed by atoms with Gasteiger partial charge < -0.3 is 14.2 Å². The van der Waals surface area contributed by atoms with Crippen molar-refractivity contribution < 1.29 is 23.2 Å². The van der Waals surface area contributed by atoms with Crippen LogP contribution in [0, 0.1) is 11.7 Å². The van der Waals surface area contributed by atoms with Crippen molar-refractivity contribution in [3.05, 3.63) is 71.1 Å². The van der Waals surface area contributed by atoms with Crippen molar-refractivity contribution in [2.45, 2.75) is 13.0 Å². The van der Waals surface area contributed by atoms with Crippen LogP contribution in [0.25, 0.3) is 11.3 Å². The molecule has 8 heteroatoms. The van der Waals surface area contributed by atoms with E-state index in [1.807, 2.05) is 0 Å². The summed E-state index contributed by atoms with van der Waals surface area (Å²) in [5, 5.41) is 4.38. The number of amides is 1. The Labute approximate surface area is 170 Å². The summed E-state index contributed by atoms with van der Waals surface area (Å²) in [5.41, 5.74) is 1.31. The van der Waals surface area contributed by atoms with Gasteiger partial charge in [0.15, 0.2) is 5.76 Å². The van der Waals surface area contributed by atoms with Crippen LogP contribution in [0.15, 0.2) is 59.1 Å². The molecular weight excluding hydrogens is 399 g/mol. The Bertz CT molecular complexity index is 1050. The molecule has 4 rings (SSSR count). The summed E-state index contributed by atoms with van der Waals surface area (Å²) in [7, 11) is 0. The molecule has 2 heterocycles. The maximum absolute atomic E-state index is 13.8. The van der Waals surface area contributed by atoms with Crippen LogP contribution in [0.5, 0.6) is 0 Å². The summed E-state index contributed by atoms with van der Waals surface area (Å²) in [4.78, 5) is 26.2. The molecule has 29 heavy (non-hydrogen) atoms. The van der Waals surface area contributed by atoms with Crippen molar-refractivity contribution in [3.8, 4) is 11.3 Å². The van der Waals surface area contributed by atoms with Crippen LogP contribution in [0.3, 0.4) is 0 Å². The lowest BCUT2D eigenvalue weighted by molar-refractivity contribution is -0.149. The molecule has 148 valence electrons. The number of aromatic nitrogens is 1. The van der Waals surface area contributed by atoms with E-state index in [-0.39, 0.29) is 36.8 Å². The Morgan fingerprint density at radius 1 is 1.24 bits per heavy atom. The van der Waals surface area contributed by atoms with Crippen molar-refractivity contribution >= 4 is 29.2 Å². The molecule has 0 radical (unpaired) electrons. The van der Waals surface area contributed by atoms with Gasteiger partial charge >= 0.3 is 5.97 Å². The minimum absolute atomic E-state index is 0.0702. The highest BCUT2D eigenvalue weighted by molar-refractivity contribution is 6.30. The van der Waals surface area contributed by atoms with E-state index in [9.17, 15) is 14.0 Å². The van der Waals surface area contributed by atoms with Crippen LogP contribution >= 0.6 is 11.6 Å². The third-order valence-corrected chi connectivity index (χ3v) is 4.91. The minimum Gasteiger partial charge on any atom is -0.459 e. The number of benzene rings is 2. The van der Waals surface area contributed by atoms with Crippen LogP contribution in [0.4, 0.5) is 10.1 Å². The molecule has 1 saturated heterocycles. The lowest BCUT2D eigenvalue weighted by Gasteiger charge is -2.16. The summed E-state index contributed by atoms with van der Waals surface area (Å²) in [5.74, 6) is -1.41. The van der Waals surface area contributed by atoms with E-state index in [2.05, 4.69) is 5.16 Å². The van der Waals surface area contributed by atoms with E-state index in [4.69, 9.17) is 20.9 Å². The molecule has 0 saturated carbocycles. The average molecular weight is 415 g/mol. The molecule has 0 spiro atoms. The van der Waals surface area contributed by atoms with Crippen molar-refractivity contribution in [1.82, 2.24) is 5.16 Å². The number of halogens is 2. The standard InChI is InChI=1S/C21H16ClFN2O4/c22-14-5-7-16(8-6-14)25-11-13(9-20(25)26)21(27)28-12-15-10-19(29-24-15)17-3-1-2-4-18(17)23/h1-8,10,13H,9,11-12H2. The van der Waals surface area contributed by atoms with E-state index in [1.165, 1.54) is 17.0 Å². The second-order valence-corrected chi connectivity index (χ2v) is 7.09. The first-order valence-electron chi connectivity index (χ1n) is 8.94. The first-order chi connectivity index (χ1) is 14.0. The molecule has 1 aliphatic rings. The fraction of sp³-hybridized carbons (Fsp3) is 0.190. The fourth-order valence-corrected chi connectivity index (χ4v) is 3.29. The van der Waals surface area contributed by atoms with Crippen LogP contribution < -0.4 is 4.90 Å². The number of carbonyl (C=O) groups is 2. The molecule has 3 aromatic rings. The largest absolute Gasteiger partial charge is 0.459 e. The molecule has 1 fully saturated rings. The lowest BCUT2D eigenvalue weighted by Crippen LogP contribution is -2.26. The maximum atomic E-state index is 13.8. The zero-order valence-corrected chi connectivity index (χ0v) is 15.9. The molecule has 1 aliphatic heterocycles. The van der Waals surface area contributed by atoms with Crippen LogP contribution in [0.2, 0.25) is 5.02 Å². The Kier molecular flexibility index (Phi) is 5.31. The van der Waals surface area contributed by atoms with Gasteiger partial charge in [-0.25, -0.2) is 4.39 Å². The third kappa shape index (κ3) is 4.14. The molecule has 2 aromatic carbocycles. The molecular formula is C21H16ClFN2O4. The summed E-state index contributed by atoms with van der Waals surface area (Å²) in [6.07, 6.45) is 0.0702. The third-order valence-electron chi connectivity index (χ3n) is 4.66. The van der Waals surface area contributed by atoms with E-state index in [0.717, 1.165) is 0 Å². The van der Waals surface area contributed by atoms with Crippen molar-refractivity contribution in [1.29, 1.82) is 0 Å². The highest BCUT2D eigenvalue weighted by Gasteiger charge is 2.36. The zero-order chi connectivity index (χ0) is 20.4. The number of anilines is 1. The van der Waals surface area contributed by atoms with Gasteiger partial charge in [0, 0.05) is 29.7 Å². The van der Waals surface area contributed by atoms with Gasteiger partial charge in [0.05, 0.1) is 11.5 Å². The quantitative estimate of drug-likeness (QED) is 0.584. The number of ether oxygens (including phenoxy) is 1. The SMILES string of the molecule is O=C(OCc1cc(-c2ccccc2F)on1)C1CC(=O)N(c2ccc(Cl)cc2)C1. The summed E-state index contributed by atoms with van der Waals surface area (Å²) < 4.78 is 24.2. The summed E-state index contributed by atoms with van der Waals surface area (Å²) in [6.45, 7) is 0.112. The van der Waals surface area contributed by atoms with E-state index >= 15 is 0 Å². The highest BCUT2D eigenvalue weighted by atomic mass is 35.5. The lowest BCUT2D eigenvalue weighted by atomic mass is 10.1. The Morgan fingerprint density at radius 3 is 2.76 bits per heavy atom. The van der Waals surface area contributed by atoms with Gasteiger partial charge in [0.1, 0.15) is 18.1 Å². The molecule has 0 aliphatic carbocycles. The Morgan fingerprint density at radius 2 is 2.00 bits per heavy atom. The molecule has 1 aromatic heterocycles. The summed E-state index contributed by atoms with van der Waals surface area (Å²) in [6, 6.07) is 14.5. The van der Waals surface area contributed by atoms with Crippen LogP contribution in [-0.4, -0.2) is 23.6 Å². The number of carbonyl (C=O) groups excluding carboxylic acids is 2. The highest BCUT2D eigenvalue weighted by Crippen LogP contribution is 2.28. The number of nitrogens with zero attached hydrogens (tertiary/aromatic N) is 2. The molecule has 6 nitrogen and oxygen atoms in total. The zero-order valence-electron chi connectivity index (χ0n) is 15.2. The van der Waals surface area contributed by atoms with Gasteiger partial charge in [0.2, 0.25) is 5.91 Å². The van der Waals surface area contributed by atoms with Gasteiger partial charge in [-0.3, -0.25) is 9.59 Å². The topological polar surface area (TPSA) is 72.6 Å². The molecule has 1 atom stereocenters. The van der Waals surface area contributed by atoms with Crippen molar-refractivity contribution in [2.24, 2.45) is 5.92 Å². The van der Waals surface area contributed by atoms with Crippen LogP contribution in [0.1, 0.15) is 12.1 Å². The predicted octanol–water partition coefficient (Wildman–Crippen LogP) is 4.23. The van der Waals surface area contributed by atoms with E-state index < -0.39 is 17.7 Å². The molecule has 1 unspecified atom stereocenters. The molecule has 0 N–H and O–H groups in total. The summed E-state index contributed by atoms with van der Waals surface area (Å²) >= 11 is 5.87. The first-order valence-corrected chi connectivity index (χ1v) is 9.32. The van der Waals surface area contributed by atoms with Crippen LogP contribution in [-0.2, 0) is 20.9 Å². The number of esters is 1. The van der Waals surface area contributed by atoms with Crippen molar-refractivity contribution in [3.63, 3.8) is 0 Å². The molecule has 1 amide bonds. The Hall–Kier alpha value is -3.19. The van der Waals surface area contributed by atoms with Gasteiger partial charge in [-0.15, -0.1) is 0 Å². The second kappa shape index (κ2) is 8.05. The number of hydrogen-bond donors (Lipinski definition) is 0. The molecule has 0 bridgehead atoms. The van der Waals surface area contributed by atoms with E-state index in [0.29, 0.717) is 16.4 Å². The van der Waals surface area contributed by atoms with Gasteiger partial charge in [-0.2, -0.15) is 0 Å². The number of rotatable bonds is 5. The predicted molar refractivity (Wildman–Crippen MR) is 104 cm³/mol. The Balaban J connectivity index is 1.36. The second-order valence-electron chi connectivity index (χ2n) is 6.65. The van der Waals surface area contributed by atoms with Gasteiger partial charge in [0.25, 0.3) is 0 Å². The normalized spacial score (nSPS) is 16.3. The first kappa shape index (κ1) is 19.1. The monoisotopic (exact) mass is 414 g/mol. The van der Waals surface area contributed by atoms with Gasteiger partial charge in [-0.1, -0.05) is 28.9 Å². The van der Waals surface area contributed by atoms with E-state index in [1.54, 1.807) is 42.5 Å². The minimum atomic E-state index is -0.573. The maximum Gasteiger partial charge on any atom is 0.311 e.